The van der Waals surface area contributed by atoms with Crippen LogP contribution in [0.15, 0.2) is 30.9 Å². The van der Waals surface area contributed by atoms with Crippen LogP contribution in [0.4, 0.5) is 0 Å². The lowest BCUT2D eigenvalue weighted by molar-refractivity contribution is 0.0398. The van der Waals surface area contributed by atoms with Gasteiger partial charge in [0.05, 0.1) is 6.54 Å². The summed E-state index contributed by atoms with van der Waals surface area (Å²) in [6.07, 6.45) is 4.92. The predicted octanol–water partition coefficient (Wildman–Crippen LogP) is 2.84. The van der Waals surface area contributed by atoms with Crippen molar-refractivity contribution in [2.45, 2.75) is 12.1 Å². The van der Waals surface area contributed by atoms with Crippen LogP contribution in [-0.4, -0.2) is 31.9 Å². The Hall–Kier alpha value is -0.750. The van der Waals surface area contributed by atoms with E-state index in [2.05, 4.69) is 10.1 Å². The van der Waals surface area contributed by atoms with Gasteiger partial charge in [-0.05, 0) is 18.4 Å². The first kappa shape index (κ1) is 14.7. The van der Waals surface area contributed by atoms with Crippen LogP contribution in [0.3, 0.4) is 0 Å². The number of benzene rings is 1. The SMILES string of the molecule is CSCC(O)(Cn1cncn1)c1ccc(Cl)cc1Cl. The van der Waals surface area contributed by atoms with Crippen LogP contribution in [0.25, 0.3) is 0 Å². The first-order valence-corrected chi connectivity index (χ1v) is 7.69. The van der Waals surface area contributed by atoms with Crippen molar-refractivity contribution in [1.82, 2.24) is 14.8 Å². The van der Waals surface area contributed by atoms with Gasteiger partial charge < -0.3 is 5.11 Å². The maximum atomic E-state index is 10.9. The molecule has 1 atom stereocenters. The van der Waals surface area contributed by atoms with Gasteiger partial charge in [0.2, 0.25) is 0 Å². The highest BCUT2D eigenvalue weighted by molar-refractivity contribution is 7.98. The van der Waals surface area contributed by atoms with Crippen LogP contribution in [0.1, 0.15) is 5.56 Å². The first-order chi connectivity index (χ1) is 9.05. The fourth-order valence-electron chi connectivity index (χ4n) is 1.90. The molecule has 0 saturated heterocycles. The molecule has 0 aliphatic heterocycles. The molecule has 1 aromatic heterocycles. The van der Waals surface area contributed by atoms with Crippen molar-refractivity contribution >= 4 is 35.0 Å². The van der Waals surface area contributed by atoms with Gasteiger partial charge in [-0.15, -0.1) is 0 Å². The standard InChI is InChI=1S/C12H13Cl2N3OS/c1-19-6-12(18,5-17-8-15-7-16-17)10-3-2-9(13)4-11(10)14/h2-4,7-8,18H,5-6H2,1H3. The number of hydrogen-bond acceptors (Lipinski definition) is 4. The molecule has 1 aromatic carbocycles. The molecule has 0 aliphatic carbocycles. The van der Waals surface area contributed by atoms with E-state index in [0.29, 0.717) is 21.4 Å². The number of aromatic nitrogens is 3. The molecule has 4 nitrogen and oxygen atoms in total. The predicted molar refractivity (Wildman–Crippen MR) is 78.8 cm³/mol. The van der Waals surface area contributed by atoms with Crippen LogP contribution in [-0.2, 0) is 12.1 Å². The number of halogens is 2. The molecule has 102 valence electrons. The minimum absolute atomic E-state index is 0.287. The Labute approximate surface area is 125 Å². The summed E-state index contributed by atoms with van der Waals surface area (Å²) in [5.41, 5.74) is -0.474. The molecular formula is C12H13Cl2N3OS. The number of aliphatic hydroxyl groups is 1. The van der Waals surface area contributed by atoms with Crippen LogP contribution < -0.4 is 0 Å². The van der Waals surface area contributed by atoms with Crippen molar-refractivity contribution in [2.24, 2.45) is 0 Å². The van der Waals surface area contributed by atoms with Gasteiger partial charge in [0, 0.05) is 21.4 Å². The van der Waals surface area contributed by atoms with Crippen molar-refractivity contribution in [1.29, 1.82) is 0 Å². The molecule has 2 rings (SSSR count). The number of thioether (sulfide) groups is 1. The van der Waals surface area contributed by atoms with Crippen molar-refractivity contribution in [2.75, 3.05) is 12.0 Å². The van der Waals surface area contributed by atoms with Gasteiger partial charge in [-0.2, -0.15) is 16.9 Å². The maximum Gasteiger partial charge on any atom is 0.137 e. The molecule has 0 aliphatic rings. The van der Waals surface area contributed by atoms with Crippen LogP contribution in [0.5, 0.6) is 0 Å². The van der Waals surface area contributed by atoms with E-state index in [1.807, 2.05) is 6.26 Å². The van der Waals surface area contributed by atoms with Crippen LogP contribution in [0, 0.1) is 0 Å². The summed E-state index contributed by atoms with van der Waals surface area (Å²) < 4.78 is 1.58. The second-order valence-corrected chi connectivity index (χ2v) is 5.89. The summed E-state index contributed by atoms with van der Waals surface area (Å²) in [6.45, 7) is 0.287. The molecule has 0 bridgehead atoms. The number of rotatable bonds is 5. The average Bonchev–Trinajstić information content (AvgIpc) is 2.81. The molecule has 1 heterocycles. The summed E-state index contributed by atoms with van der Waals surface area (Å²) in [7, 11) is 0. The van der Waals surface area contributed by atoms with Crippen molar-refractivity contribution in [3.63, 3.8) is 0 Å². The van der Waals surface area contributed by atoms with Gasteiger partial charge in [0.25, 0.3) is 0 Å². The minimum Gasteiger partial charge on any atom is -0.382 e. The first-order valence-electron chi connectivity index (χ1n) is 5.54. The highest BCUT2D eigenvalue weighted by Crippen LogP contribution is 2.33. The summed E-state index contributed by atoms with van der Waals surface area (Å²) in [4.78, 5) is 3.88. The monoisotopic (exact) mass is 317 g/mol. The Bertz CT molecular complexity index is 550. The van der Waals surface area contributed by atoms with E-state index in [-0.39, 0.29) is 6.54 Å². The summed E-state index contributed by atoms with van der Waals surface area (Å²) in [6, 6.07) is 5.10. The summed E-state index contributed by atoms with van der Waals surface area (Å²) >= 11 is 13.6. The zero-order valence-corrected chi connectivity index (χ0v) is 12.6. The van der Waals surface area contributed by atoms with E-state index in [1.165, 1.54) is 18.1 Å². The van der Waals surface area contributed by atoms with Gasteiger partial charge in [0.1, 0.15) is 18.3 Å². The van der Waals surface area contributed by atoms with Crippen LogP contribution >= 0.6 is 35.0 Å². The zero-order chi connectivity index (χ0) is 13.9. The molecule has 1 N–H and O–H groups in total. The van der Waals surface area contributed by atoms with Crippen molar-refractivity contribution in [3.05, 3.63) is 46.5 Å². The third kappa shape index (κ3) is 3.42. The zero-order valence-electron chi connectivity index (χ0n) is 10.3. The second kappa shape index (κ2) is 6.13. The quantitative estimate of drug-likeness (QED) is 0.921. The number of hydrogen-bond donors (Lipinski definition) is 1. The smallest absolute Gasteiger partial charge is 0.137 e. The third-order valence-electron chi connectivity index (χ3n) is 2.71. The molecule has 19 heavy (non-hydrogen) atoms. The molecule has 1 unspecified atom stereocenters. The molecule has 0 saturated carbocycles. The van der Waals surface area contributed by atoms with E-state index >= 15 is 0 Å². The summed E-state index contributed by atoms with van der Waals surface area (Å²) in [5.74, 6) is 0.494. The molecular weight excluding hydrogens is 305 g/mol. The molecule has 0 spiro atoms. The largest absolute Gasteiger partial charge is 0.382 e. The van der Waals surface area contributed by atoms with Gasteiger partial charge in [0.15, 0.2) is 0 Å². The van der Waals surface area contributed by atoms with Gasteiger partial charge in [-0.1, -0.05) is 29.3 Å². The minimum atomic E-state index is -1.12. The van der Waals surface area contributed by atoms with E-state index in [0.717, 1.165) is 0 Å². The fourth-order valence-corrected chi connectivity index (χ4v) is 3.21. The molecule has 0 fully saturated rings. The molecule has 0 radical (unpaired) electrons. The maximum absolute atomic E-state index is 10.9. The van der Waals surface area contributed by atoms with Crippen molar-refractivity contribution in [3.8, 4) is 0 Å². The Morgan fingerprint density at radius 2 is 2.21 bits per heavy atom. The molecule has 7 heteroatoms. The lowest BCUT2D eigenvalue weighted by atomic mass is 9.95. The normalized spacial score (nSPS) is 14.3. The summed E-state index contributed by atoms with van der Waals surface area (Å²) in [5, 5.41) is 15.9. The highest BCUT2D eigenvalue weighted by Gasteiger charge is 2.32. The van der Waals surface area contributed by atoms with Gasteiger partial charge in [-0.3, -0.25) is 0 Å². The Balaban J connectivity index is 2.37. The lowest BCUT2D eigenvalue weighted by Crippen LogP contribution is -2.34. The molecule has 2 aromatic rings. The lowest BCUT2D eigenvalue weighted by Gasteiger charge is -2.28. The van der Waals surface area contributed by atoms with E-state index in [9.17, 15) is 5.11 Å². The fraction of sp³-hybridized carbons (Fsp3) is 0.333. The van der Waals surface area contributed by atoms with E-state index in [4.69, 9.17) is 23.2 Å². The Morgan fingerprint density at radius 1 is 1.42 bits per heavy atom. The second-order valence-electron chi connectivity index (χ2n) is 4.18. The van der Waals surface area contributed by atoms with Gasteiger partial charge >= 0.3 is 0 Å². The average molecular weight is 318 g/mol. The van der Waals surface area contributed by atoms with Gasteiger partial charge in [-0.25, -0.2) is 9.67 Å². The third-order valence-corrected chi connectivity index (χ3v) is 4.02. The number of nitrogens with zero attached hydrogens (tertiary/aromatic N) is 3. The Kier molecular flexibility index (Phi) is 4.73. The van der Waals surface area contributed by atoms with E-state index < -0.39 is 5.60 Å². The van der Waals surface area contributed by atoms with Crippen LogP contribution in [0.2, 0.25) is 10.0 Å². The Morgan fingerprint density at radius 3 is 2.79 bits per heavy atom. The van der Waals surface area contributed by atoms with E-state index in [1.54, 1.807) is 29.2 Å². The molecule has 0 amide bonds. The highest BCUT2D eigenvalue weighted by atomic mass is 35.5. The van der Waals surface area contributed by atoms with Crippen molar-refractivity contribution < 1.29 is 5.11 Å². The topological polar surface area (TPSA) is 50.9 Å².